The van der Waals surface area contributed by atoms with Crippen LogP contribution in [0.4, 0.5) is 0 Å². The van der Waals surface area contributed by atoms with Crippen molar-refractivity contribution >= 4 is 27.8 Å². The zero-order valence-corrected chi connectivity index (χ0v) is 21.3. The van der Waals surface area contributed by atoms with Crippen LogP contribution in [0.25, 0.3) is 32.9 Å². The number of nitrogens with zero attached hydrogens (tertiary/aromatic N) is 2. The van der Waals surface area contributed by atoms with Gasteiger partial charge in [0.1, 0.15) is 11.4 Å². The Hall–Kier alpha value is -3.95. The molecule has 0 aliphatic carbocycles. The van der Waals surface area contributed by atoms with E-state index < -0.39 is 11.6 Å². The van der Waals surface area contributed by atoms with Gasteiger partial charge >= 0.3 is 5.97 Å². The molecule has 5 rings (SSSR count). The molecule has 2 aromatic carbocycles. The molecule has 0 atom stereocenters. The fourth-order valence-corrected chi connectivity index (χ4v) is 4.44. The number of benzene rings is 2. The summed E-state index contributed by atoms with van der Waals surface area (Å²) < 4.78 is 5.87. The van der Waals surface area contributed by atoms with E-state index in [2.05, 4.69) is 11.8 Å². The number of aromatic nitrogens is 2. The Labute approximate surface area is 211 Å². The zero-order valence-electron chi connectivity index (χ0n) is 21.3. The molecule has 1 aliphatic rings. The summed E-state index contributed by atoms with van der Waals surface area (Å²) >= 11 is 0. The van der Waals surface area contributed by atoms with Crippen LogP contribution in [0, 0.1) is 18.8 Å². The molecular weight excluding hydrogens is 452 g/mol. The minimum Gasteiger partial charge on any atom is -0.493 e. The fourth-order valence-electron chi connectivity index (χ4n) is 4.44. The highest BCUT2D eigenvalue weighted by Crippen LogP contribution is 2.42. The van der Waals surface area contributed by atoms with Crippen molar-refractivity contribution in [3.8, 4) is 28.7 Å². The van der Waals surface area contributed by atoms with Crippen molar-refractivity contribution in [1.29, 1.82) is 0 Å². The largest absolute Gasteiger partial charge is 0.493 e. The van der Waals surface area contributed by atoms with Crippen molar-refractivity contribution in [2.75, 3.05) is 6.61 Å². The van der Waals surface area contributed by atoms with E-state index in [1.54, 1.807) is 27.7 Å². The third kappa shape index (κ3) is 5.32. The highest BCUT2D eigenvalue weighted by molar-refractivity contribution is 6.07. The molecule has 184 valence electrons. The number of carboxylic acid groups (broad SMARTS) is 1. The second-order valence-corrected chi connectivity index (χ2v) is 9.83. The molecule has 0 fully saturated rings. The van der Waals surface area contributed by atoms with Crippen LogP contribution >= 0.6 is 0 Å². The molecule has 0 unspecified atom stereocenters. The first-order valence-corrected chi connectivity index (χ1v) is 11.9. The first-order valence-electron chi connectivity index (χ1n) is 11.9. The van der Waals surface area contributed by atoms with Gasteiger partial charge in [-0.2, -0.15) is 0 Å². The van der Waals surface area contributed by atoms with Crippen molar-refractivity contribution in [2.45, 2.75) is 53.1 Å². The van der Waals surface area contributed by atoms with Gasteiger partial charge in [-0.05, 0) is 99.2 Å². The van der Waals surface area contributed by atoms with Gasteiger partial charge in [0.15, 0.2) is 0 Å². The maximum absolute atomic E-state index is 11.7. The molecule has 0 bridgehead atoms. The second kappa shape index (κ2) is 9.96. The fraction of sp³-hybridized carbons (Fsp3) is 0.300. The van der Waals surface area contributed by atoms with Gasteiger partial charge in [-0.3, -0.25) is 9.78 Å². The number of hydrogen-bond acceptors (Lipinski definition) is 5. The van der Waals surface area contributed by atoms with Gasteiger partial charge < -0.3 is 14.9 Å². The number of ether oxygens (including phenoxy) is 1. The van der Waals surface area contributed by atoms with E-state index in [9.17, 15) is 9.90 Å². The number of aliphatic hydroxyl groups is 1. The van der Waals surface area contributed by atoms with Crippen LogP contribution in [-0.4, -0.2) is 38.4 Å². The maximum atomic E-state index is 11.7. The van der Waals surface area contributed by atoms with Crippen LogP contribution < -0.4 is 4.74 Å². The third-order valence-electron chi connectivity index (χ3n) is 5.74. The van der Waals surface area contributed by atoms with E-state index in [4.69, 9.17) is 19.8 Å². The molecule has 3 heterocycles. The van der Waals surface area contributed by atoms with E-state index >= 15 is 0 Å². The summed E-state index contributed by atoms with van der Waals surface area (Å²) in [4.78, 5) is 21.1. The van der Waals surface area contributed by atoms with Crippen LogP contribution in [0.15, 0.2) is 42.6 Å². The monoisotopic (exact) mass is 482 g/mol. The normalized spacial score (nSPS) is 12.3. The molecule has 6 heteroatoms. The Morgan fingerprint density at radius 3 is 2.61 bits per heavy atom. The molecule has 2 N–H and O–H groups in total. The van der Waals surface area contributed by atoms with E-state index in [1.165, 1.54) is 5.56 Å². The van der Waals surface area contributed by atoms with Crippen LogP contribution in [0.2, 0.25) is 0 Å². The molecule has 0 amide bonds. The van der Waals surface area contributed by atoms with E-state index in [0.717, 1.165) is 56.2 Å². The number of carboxylic acids is 1. The summed E-state index contributed by atoms with van der Waals surface area (Å²) in [5.74, 6) is 5.83. The van der Waals surface area contributed by atoms with Gasteiger partial charge in [0.2, 0.25) is 0 Å². The van der Waals surface area contributed by atoms with Gasteiger partial charge in [0.25, 0.3) is 0 Å². The first-order chi connectivity index (χ1) is 17.1. The smallest absolute Gasteiger partial charge is 0.307 e. The number of fused-ring (bicyclic) bond motifs is 1. The minimum atomic E-state index is -0.871. The maximum Gasteiger partial charge on any atom is 0.307 e. The van der Waals surface area contributed by atoms with Crippen molar-refractivity contribution in [1.82, 2.24) is 9.97 Å². The molecule has 0 radical (unpaired) electrons. The Bertz CT molecular complexity index is 1520. The third-order valence-corrected chi connectivity index (χ3v) is 5.74. The van der Waals surface area contributed by atoms with Crippen molar-refractivity contribution in [2.24, 2.45) is 0 Å². The van der Waals surface area contributed by atoms with Crippen molar-refractivity contribution < 1.29 is 19.7 Å². The lowest BCUT2D eigenvalue weighted by molar-refractivity contribution is -0.136. The van der Waals surface area contributed by atoms with Crippen molar-refractivity contribution in [3.63, 3.8) is 0 Å². The number of aliphatic carboxylic acids is 1. The Kier molecular flexibility index (Phi) is 6.96. The Morgan fingerprint density at radius 2 is 1.92 bits per heavy atom. The molecule has 6 nitrogen and oxygen atoms in total. The van der Waals surface area contributed by atoms with Crippen LogP contribution in [-0.2, 0) is 17.6 Å². The first kappa shape index (κ1) is 25.2. The molecule has 36 heavy (non-hydrogen) atoms. The standard InChI is InChI=1S/C26H20N2O3.C4H10O/c1-3-4-17-5-6-18-21(28-17)13-15(2)20(14-23(29)30)25(18)19-7-8-22-24-16(10-12-31-22)9-11-27-26(19)24;1-4(2,3)5/h5-9,11,13H,10,12,14H2,1-2H3,(H,29,30);5H,1-3H3. The SMILES string of the molecule is CC#Cc1ccc2c(-c3ccc4c5c(ccnc35)CCO4)c(CC(=O)O)c(C)cc2n1.CC(C)(C)O. The van der Waals surface area contributed by atoms with Crippen LogP contribution in [0.3, 0.4) is 0 Å². The average molecular weight is 483 g/mol. The summed E-state index contributed by atoms with van der Waals surface area (Å²) in [6.45, 7) is 9.59. The number of aryl methyl sites for hydroxylation is 1. The number of carbonyl (C=O) groups is 1. The summed E-state index contributed by atoms with van der Waals surface area (Å²) in [7, 11) is 0. The number of hydrogen-bond donors (Lipinski definition) is 2. The van der Waals surface area contributed by atoms with Gasteiger partial charge in [0, 0.05) is 29.0 Å². The number of pyridine rings is 2. The van der Waals surface area contributed by atoms with E-state index in [-0.39, 0.29) is 6.42 Å². The second-order valence-electron chi connectivity index (χ2n) is 9.83. The molecule has 0 spiro atoms. The molecule has 0 saturated carbocycles. The van der Waals surface area contributed by atoms with Crippen LogP contribution in [0.5, 0.6) is 5.75 Å². The summed E-state index contributed by atoms with van der Waals surface area (Å²) in [6, 6.07) is 11.8. The topological polar surface area (TPSA) is 92.5 Å². The minimum absolute atomic E-state index is 0.0763. The summed E-state index contributed by atoms with van der Waals surface area (Å²) in [6.07, 6.45) is 2.57. The predicted octanol–water partition coefficient (Wildman–Crippen LogP) is 5.47. The highest BCUT2D eigenvalue weighted by atomic mass is 16.5. The lowest BCUT2D eigenvalue weighted by Gasteiger charge is -2.21. The summed E-state index contributed by atoms with van der Waals surface area (Å²) in [5.41, 5.74) is 6.42. The average Bonchev–Trinajstić information content (AvgIpc) is 2.80. The van der Waals surface area contributed by atoms with E-state index in [0.29, 0.717) is 12.3 Å². The lowest BCUT2D eigenvalue weighted by atomic mass is 9.88. The Morgan fingerprint density at radius 1 is 1.17 bits per heavy atom. The molecule has 2 aromatic heterocycles. The van der Waals surface area contributed by atoms with Gasteiger partial charge in [-0.1, -0.05) is 5.92 Å². The quantitative estimate of drug-likeness (QED) is 0.376. The highest BCUT2D eigenvalue weighted by Gasteiger charge is 2.22. The zero-order chi connectivity index (χ0) is 26.0. The Balaban J connectivity index is 0.000000556. The molecule has 1 aliphatic heterocycles. The number of rotatable bonds is 3. The van der Waals surface area contributed by atoms with Gasteiger partial charge in [-0.15, -0.1) is 0 Å². The molecule has 0 saturated heterocycles. The van der Waals surface area contributed by atoms with Gasteiger partial charge in [0.05, 0.1) is 29.7 Å². The molecular formula is C30H30N2O4. The molecule has 4 aromatic rings. The van der Waals surface area contributed by atoms with Gasteiger partial charge in [-0.25, -0.2) is 4.98 Å². The predicted molar refractivity (Wildman–Crippen MR) is 142 cm³/mol. The van der Waals surface area contributed by atoms with Crippen molar-refractivity contribution in [3.05, 3.63) is 65.0 Å². The summed E-state index contributed by atoms with van der Waals surface area (Å²) in [5, 5.41) is 20.0. The van der Waals surface area contributed by atoms with Crippen LogP contribution in [0.1, 0.15) is 50.1 Å². The van der Waals surface area contributed by atoms with E-state index in [1.807, 2.05) is 49.5 Å². The lowest BCUT2D eigenvalue weighted by Crippen LogP contribution is -2.10.